The normalized spacial score (nSPS) is 10.6. The second kappa shape index (κ2) is 8.96. The van der Waals surface area contributed by atoms with E-state index < -0.39 is 5.97 Å². The van der Waals surface area contributed by atoms with Crippen molar-refractivity contribution in [3.05, 3.63) is 106 Å². The molecule has 0 unspecified atom stereocenters. The third kappa shape index (κ3) is 4.32. The fourth-order valence-corrected chi connectivity index (χ4v) is 3.79. The number of nitrogens with zero attached hydrogens (tertiary/aromatic N) is 1. The van der Waals surface area contributed by atoms with E-state index in [0.717, 1.165) is 21.9 Å². The van der Waals surface area contributed by atoms with Crippen molar-refractivity contribution in [3.63, 3.8) is 0 Å². The zero-order valence-electron chi connectivity index (χ0n) is 18.2. The van der Waals surface area contributed by atoms with Crippen molar-refractivity contribution in [2.75, 3.05) is 5.73 Å². The fourth-order valence-electron chi connectivity index (χ4n) is 3.79. The lowest BCUT2D eigenvalue weighted by molar-refractivity contribution is 0.0697. The van der Waals surface area contributed by atoms with Gasteiger partial charge < -0.3 is 15.3 Å². The van der Waals surface area contributed by atoms with Crippen LogP contribution in [0.15, 0.2) is 88.1 Å². The van der Waals surface area contributed by atoms with Crippen molar-refractivity contribution in [1.82, 2.24) is 4.98 Å². The van der Waals surface area contributed by atoms with Gasteiger partial charge in [-0.3, -0.25) is 0 Å². The van der Waals surface area contributed by atoms with Crippen LogP contribution in [0.1, 0.15) is 21.5 Å². The van der Waals surface area contributed by atoms with E-state index in [2.05, 4.69) is 4.98 Å². The summed E-state index contributed by atoms with van der Waals surface area (Å²) in [6.07, 6.45) is 0. The van der Waals surface area contributed by atoms with Gasteiger partial charge >= 0.3 is 11.6 Å². The van der Waals surface area contributed by atoms with E-state index in [1.165, 1.54) is 0 Å². The molecule has 0 aliphatic rings. The molecule has 0 spiro atoms. The minimum Gasteiger partial charge on any atom is -0.478 e. The van der Waals surface area contributed by atoms with Crippen LogP contribution in [0.2, 0.25) is 0 Å². The number of aryl methyl sites for hydroxylation is 2. The molecule has 164 valence electrons. The second-order valence-corrected chi connectivity index (χ2v) is 7.65. The minimum absolute atomic E-state index is 0.201. The average molecular weight is 438 g/mol. The molecule has 6 heteroatoms. The monoisotopic (exact) mass is 438 g/mol. The Kier molecular flexibility index (Phi) is 5.91. The van der Waals surface area contributed by atoms with E-state index in [1.54, 1.807) is 25.1 Å². The van der Waals surface area contributed by atoms with Crippen LogP contribution in [0.3, 0.4) is 0 Å². The Hall–Kier alpha value is -4.45. The standard InChI is InChI=1S/C19H13NO2.C8H9NO2/c1-12-6-4-11-16-17(12)19(21)22-18(20-16)15-10-5-8-13-7-2-3-9-14(13)15;1-5-3-2-4-6(9)7(5)8(10)11/h2-11H,1H3;2-4H,9H2,1H3,(H,10,11). The van der Waals surface area contributed by atoms with E-state index in [4.69, 9.17) is 15.3 Å². The van der Waals surface area contributed by atoms with Gasteiger partial charge in [0.1, 0.15) is 0 Å². The number of carboxylic acids is 1. The molecule has 4 aromatic carbocycles. The highest BCUT2D eigenvalue weighted by atomic mass is 16.4. The number of anilines is 1. The summed E-state index contributed by atoms with van der Waals surface area (Å²) in [6.45, 7) is 3.61. The molecule has 1 aromatic heterocycles. The summed E-state index contributed by atoms with van der Waals surface area (Å²) in [5, 5.41) is 11.3. The van der Waals surface area contributed by atoms with E-state index in [9.17, 15) is 9.59 Å². The molecule has 1 heterocycles. The van der Waals surface area contributed by atoms with Crippen LogP contribution in [-0.2, 0) is 0 Å². The number of fused-ring (bicyclic) bond motifs is 2. The largest absolute Gasteiger partial charge is 0.478 e. The van der Waals surface area contributed by atoms with Crippen LogP contribution in [-0.4, -0.2) is 16.1 Å². The molecule has 0 aliphatic heterocycles. The number of aromatic nitrogens is 1. The number of carbonyl (C=O) groups is 1. The van der Waals surface area contributed by atoms with Gasteiger partial charge in [-0.25, -0.2) is 14.6 Å². The van der Waals surface area contributed by atoms with Crippen molar-refractivity contribution in [2.45, 2.75) is 13.8 Å². The summed E-state index contributed by atoms with van der Waals surface area (Å²) in [5.41, 5.74) is 8.69. The lowest BCUT2D eigenvalue weighted by Crippen LogP contribution is -2.04. The highest BCUT2D eigenvalue weighted by Gasteiger charge is 2.12. The molecule has 5 rings (SSSR count). The molecule has 0 amide bonds. The van der Waals surface area contributed by atoms with Crippen LogP contribution >= 0.6 is 0 Å². The van der Waals surface area contributed by atoms with Gasteiger partial charge in [0, 0.05) is 11.3 Å². The van der Waals surface area contributed by atoms with Crippen LogP contribution in [0.5, 0.6) is 0 Å². The first-order valence-corrected chi connectivity index (χ1v) is 10.3. The number of carboxylic acid groups (broad SMARTS) is 1. The molecule has 0 aliphatic carbocycles. The number of rotatable bonds is 2. The summed E-state index contributed by atoms with van der Waals surface area (Å²) >= 11 is 0. The molecule has 0 saturated heterocycles. The molecule has 3 N–H and O–H groups in total. The van der Waals surface area contributed by atoms with Crippen LogP contribution < -0.4 is 11.4 Å². The molecular formula is C27H22N2O4. The van der Waals surface area contributed by atoms with Gasteiger partial charge in [0.05, 0.1) is 16.5 Å². The van der Waals surface area contributed by atoms with Crippen LogP contribution in [0, 0.1) is 13.8 Å². The van der Waals surface area contributed by atoms with E-state index in [-0.39, 0.29) is 11.2 Å². The van der Waals surface area contributed by atoms with Crippen molar-refractivity contribution in [2.24, 2.45) is 0 Å². The quantitative estimate of drug-likeness (QED) is 0.348. The van der Waals surface area contributed by atoms with Gasteiger partial charge in [0.25, 0.3) is 0 Å². The Bertz CT molecular complexity index is 1530. The first-order valence-electron chi connectivity index (χ1n) is 10.3. The van der Waals surface area contributed by atoms with Gasteiger partial charge in [-0.05, 0) is 53.9 Å². The Labute approximate surface area is 189 Å². The number of benzene rings is 4. The highest BCUT2D eigenvalue weighted by Crippen LogP contribution is 2.27. The van der Waals surface area contributed by atoms with Gasteiger partial charge in [0.15, 0.2) is 0 Å². The zero-order chi connectivity index (χ0) is 23.5. The Morgan fingerprint density at radius 3 is 2.27 bits per heavy atom. The fraction of sp³-hybridized carbons (Fsp3) is 0.0741. The third-order valence-corrected chi connectivity index (χ3v) is 5.41. The Morgan fingerprint density at radius 2 is 1.55 bits per heavy atom. The van der Waals surface area contributed by atoms with E-state index in [1.807, 2.05) is 67.6 Å². The zero-order valence-corrected chi connectivity index (χ0v) is 18.2. The topological polar surface area (TPSA) is 106 Å². The summed E-state index contributed by atoms with van der Waals surface area (Å²) in [6, 6.07) is 24.6. The minimum atomic E-state index is -0.972. The summed E-state index contributed by atoms with van der Waals surface area (Å²) in [7, 11) is 0. The third-order valence-electron chi connectivity index (χ3n) is 5.41. The lowest BCUT2D eigenvalue weighted by atomic mass is 10.0. The number of hydrogen-bond acceptors (Lipinski definition) is 5. The first kappa shape index (κ1) is 21.8. The molecule has 0 fully saturated rings. The maximum absolute atomic E-state index is 12.3. The SMILES string of the molecule is Cc1cccc(N)c1C(=O)O.Cc1cccc2nc(-c3cccc4ccccc34)oc(=O)c12. The highest BCUT2D eigenvalue weighted by molar-refractivity contribution is 5.96. The maximum Gasteiger partial charge on any atom is 0.347 e. The number of nitrogens with two attached hydrogens (primary N) is 1. The molecular weight excluding hydrogens is 416 g/mol. The summed E-state index contributed by atoms with van der Waals surface area (Å²) < 4.78 is 5.50. The molecule has 33 heavy (non-hydrogen) atoms. The first-order chi connectivity index (χ1) is 15.9. The lowest BCUT2D eigenvalue weighted by Gasteiger charge is -2.06. The smallest absolute Gasteiger partial charge is 0.347 e. The second-order valence-electron chi connectivity index (χ2n) is 7.65. The van der Waals surface area contributed by atoms with E-state index >= 15 is 0 Å². The molecule has 0 radical (unpaired) electrons. The van der Waals surface area contributed by atoms with Gasteiger partial charge in [-0.2, -0.15) is 0 Å². The average Bonchev–Trinajstić information content (AvgIpc) is 2.78. The predicted molar refractivity (Wildman–Crippen MR) is 131 cm³/mol. The number of nitrogen functional groups attached to an aromatic ring is 1. The van der Waals surface area contributed by atoms with Crippen molar-refractivity contribution in [3.8, 4) is 11.5 Å². The van der Waals surface area contributed by atoms with Crippen molar-refractivity contribution in [1.29, 1.82) is 0 Å². The van der Waals surface area contributed by atoms with Gasteiger partial charge in [-0.1, -0.05) is 60.7 Å². The molecule has 6 nitrogen and oxygen atoms in total. The Morgan fingerprint density at radius 1 is 0.879 bits per heavy atom. The van der Waals surface area contributed by atoms with Gasteiger partial charge in [-0.15, -0.1) is 0 Å². The van der Waals surface area contributed by atoms with Crippen LogP contribution in [0.4, 0.5) is 5.69 Å². The summed E-state index contributed by atoms with van der Waals surface area (Å²) in [5.74, 6) is -0.611. The number of aromatic carboxylic acids is 1. The van der Waals surface area contributed by atoms with Crippen molar-refractivity contribution < 1.29 is 14.3 Å². The van der Waals surface area contributed by atoms with E-state index in [0.29, 0.717) is 28.0 Å². The van der Waals surface area contributed by atoms with Crippen LogP contribution in [0.25, 0.3) is 33.1 Å². The maximum atomic E-state index is 12.3. The molecule has 0 saturated carbocycles. The number of hydrogen-bond donors (Lipinski definition) is 2. The van der Waals surface area contributed by atoms with Crippen molar-refractivity contribution >= 4 is 33.3 Å². The Balaban J connectivity index is 0.000000200. The predicted octanol–water partition coefficient (Wildman–Crippen LogP) is 5.59. The molecule has 0 bridgehead atoms. The summed E-state index contributed by atoms with van der Waals surface area (Å²) in [4.78, 5) is 27.4. The van der Waals surface area contributed by atoms with Gasteiger partial charge in [0.2, 0.25) is 5.89 Å². The molecule has 0 atom stereocenters. The molecule has 5 aromatic rings.